The first-order chi connectivity index (χ1) is 9.81. The maximum atomic E-state index is 8.92. The fraction of sp³-hybridized carbons (Fsp3) is 0. The summed E-state index contributed by atoms with van der Waals surface area (Å²) >= 11 is 0. The monoisotopic (exact) mass is 260 g/mol. The molecule has 0 saturated carbocycles. The van der Waals surface area contributed by atoms with E-state index in [0.717, 1.165) is 22.2 Å². The summed E-state index contributed by atoms with van der Waals surface area (Å²) in [5.41, 5.74) is 2.55. The molecule has 0 fully saturated rings. The molecule has 1 aromatic heterocycles. The Morgan fingerprint density at radius 2 is 2.10 bits per heavy atom. The first kappa shape index (κ1) is 12.1. The van der Waals surface area contributed by atoms with Gasteiger partial charge in [-0.1, -0.05) is 18.7 Å². The maximum absolute atomic E-state index is 8.92. The Bertz CT molecular complexity index is 824. The van der Waals surface area contributed by atoms with Crippen molar-refractivity contribution in [1.29, 1.82) is 5.26 Å². The normalized spacial score (nSPS) is 10.2. The van der Waals surface area contributed by atoms with Gasteiger partial charge in [0.05, 0.1) is 11.6 Å². The molecule has 0 spiro atoms. The molecule has 3 aromatic rings. The lowest BCUT2D eigenvalue weighted by Gasteiger charge is -2.10. The van der Waals surface area contributed by atoms with E-state index in [2.05, 4.69) is 17.6 Å². The highest BCUT2D eigenvalue weighted by Crippen LogP contribution is 2.32. The molecule has 1 N–H and O–H groups in total. The van der Waals surface area contributed by atoms with Crippen LogP contribution < -0.4 is 4.74 Å². The van der Waals surface area contributed by atoms with Crippen LogP contribution in [0.15, 0.2) is 55.2 Å². The van der Waals surface area contributed by atoms with E-state index >= 15 is 0 Å². The molecule has 0 aliphatic rings. The predicted molar refractivity (Wildman–Crippen MR) is 79.6 cm³/mol. The lowest BCUT2D eigenvalue weighted by molar-refractivity contribution is 0.482. The van der Waals surface area contributed by atoms with Gasteiger partial charge in [0, 0.05) is 22.7 Å². The molecule has 0 amide bonds. The largest absolute Gasteiger partial charge is 0.457 e. The Morgan fingerprint density at radius 3 is 2.90 bits per heavy atom. The van der Waals surface area contributed by atoms with Crippen LogP contribution in [0, 0.1) is 11.3 Å². The summed E-state index contributed by atoms with van der Waals surface area (Å²) in [5.74, 6) is 1.37. The second-order valence-corrected chi connectivity index (χ2v) is 4.36. The molecule has 0 unspecified atom stereocenters. The van der Waals surface area contributed by atoms with Crippen LogP contribution >= 0.6 is 0 Å². The van der Waals surface area contributed by atoms with Crippen LogP contribution in [0.5, 0.6) is 11.5 Å². The van der Waals surface area contributed by atoms with Crippen LogP contribution in [0.2, 0.25) is 0 Å². The van der Waals surface area contributed by atoms with Gasteiger partial charge in [-0.25, -0.2) is 0 Å². The third kappa shape index (κ3) is 2.04. The molecule has 0 bridgehead atoms. The lowest BCUT2D eigenvalue weighted by Crippen LogP contribution is -1.89. The first-order valence-corrected chi connectivity index (χ1v) is 6.22. The number of benzene rings is 2. The van der Waals surface area contributed by atoms with Crippen molar-refractivity contribution < 1.29 is 4.74 Å². The molecule has 3 rings (SSSR count). The minimum atomic E-state index is 0.574. The summed E-state index contributed by atoms with van der Waals surface area (Å²) in [5, 5.41) is 9.98. The summed E-state index contributed by atoms with van der Waals surface area (Å²) in [6.07, 6.45) is 3.66. The number of fused-ring (bicyclic) bond motifs is 1. The van der Waals surface area contributed by atoms with Gasteiger partial charge in [-0.05, 0) is 36.4 Å². The zero-order valence-electron chi connectivity index (χ0n) is 10.8. The average Bonchev–Trinajstić information content (AvgIpc) is 2.96. The smallest absolute Gasteiger partial charge is 0.135 e. The van der Waals surface area contributed by atoms with Crippen LogP contribution in [0.25, 0.3) is 17.0 Å². The van der Waals surface area contributed by atoms with E-state index < -0.39 is 0 Å². The van der Waals surface area contributed by atoms with Crippen LogP contribution in [0.4, 0.5) is 0 Å². The number of ether oxygens (including phenoxy) is 1. The summed E-state index contributed by atoms with van der Waals surface area (Å²) < 4.78 is 5.88. The summed E-state index contributed by atoms with van der Waals surface area (Å²) in [6, 6.07) is 15.0. The van der Waals surface area contributed by atoms with Crippen molar-refractivity contribution >= 4 is 17.0 Å². The molecule has 96 valence electrons. The van der Waals surface area contributed by atoms with Gasteiger partial charge in [-0.3, -0.25) is 0 Å². The Labute approximate surface area is 116 Å². The van der Waals surface area contributed by atoms with Crippen molar-refractivity contribution in [1.82, 2.24) is 4.98 Å². The Hall–Kier alpha value is -2.99. The Kier molecular flexibility index (Phi) is 2.98. The van der Waals surface area contributed by atoms with Crippen molar-refractivity contribution in [2.75, 3.05) is 0 Å². The van der Waals surface area contributed by atoms with Gasteiger partial charge in [0.25, 0.3) is 0 Å². The van der Waals surface area contributed by atoms with Crippen molar-refractivity contribution in [3.8, 4) is 17.6 Å². The van der Waals surface area contributed by atoms with Crippen LogP contribution in [-0.2, 0) is 0 Å². The van der Waals surface area contributed by atoms with Gasteiger partial charge in [-0.15, -0.1) is 0 Å². The summed E-state index contributed by atoms with van der Waals surface area (Å²) in [6.45, 7) is 3.85. The fourth-order valence-electron chi connectivity index (χ4n) is 2.19. The number of aromatic nitrogens is 1. The van der Waals surface area contributed by atoms with E-state index in [4.69, 9.17) is 10.00 Å². The standard InChI is InChI=1S/C17H12N2O/c1-2-14-15-8-9-19-16(15)6-7-17(14)20-13-5-3-4-12(10-13)11-18/h2-10,19H,1H2. The summed E-state index contributed by atoms with van der Waals surface area (Å²) in [4.78, 5) is 3.16. The molecule has 2 aromatic carbocycles. The molecular formula is C17H12N2O. The number of nitrogens with zero attached hydrogens (tertiary/aromatic N) is 1. The molecule has 0 radical (unpaired) electrons. The molecule has 3 heteroatoms. The van der Waals surface area contributed by atoms with E-state index in [1.165, 1.54) is 0 Å². The number of hydrogen-bond donors (Lipinski definition) is 1. The molecule has 0 aliphatic heterocycles. The molecule has 1 heterocycles. The zero-order valence-corrected chi connectivity index (χ0v) is 10.8. The van der Waals surface area contributed by atoms with Gasteiger partial charge < -0.3 is 9.72 Å². The van der Waals surface area contributed by atoms with Crippen LogP contribution in [-0.4, -0.2) is 4.98 Å². The van der Waals surface area contributed by atoms with E-state index in [0.29, 0.717) is 11.3 Å². The molecule has 3 nitrogen and oxygen atoms in total. The van der Waals surface area contributed by atoms with Crippen molar-refractivity contribution in [2.24, 2.45) is 0 Å². The third-order valence-corrected chi connectivity index (χ3v) is 3.13. The van der Waals surface area contributed by atoms with Gasteiger partial charge >= 0.3 is 0 Å². The van der Waals surface area contributed by atoms with Gasteiger partial charge in [0.2, 0.25) is 0 Å². The average molecular weight is 260 g/mol. The molecule has 0 atom stereocenters. The summed E-state index contributed by atoms with van der Waals surface area (Å²) in [7, 11) is 0. The first-order valence-electron chi connectivity index (χ1n) is 6.22. The molecule has 0 saturated heterocycles. The number of nitriles is 1. The minimum Gasteiger partial charge on any atom is -0.457 e. The SMILES string of the molecule is C=Cc1c(Oc2cccc(C#N)c2)ccc2[nH]ccc12. The van der Waals surface area contributed by atoms with Gasteiger partial charge in [0.15, 0.2) is 0 Å². The topological polar surface area (TPSA) is 48.8 Å². The quantitative estimate of drug-likeness (QED) is 0.755. The Balaban J connectivity index is 2.06. The van der Waals surface area contributed by atoms with Crippen molar-refractivity contribution in [2.45, 2.75) is 0 Å². The highest BCUT2D eigenvalue weighted by Gasteiger charge is 2.08. The van der Waals surface area contributed by atoms with Crippen molar-refractivity contribution in [3.05, 3.63) is 66.4 Å². The van der Waals surface area contributed by atoms with Gasteiger partial charge in [0.1, 0.15) is 11.5 Å². The number of nitrogens with one attached hydrogen (secondary N) is 1. The van der Waals surface area contributed by atoms with E-state index in [9.17, 15) is 0 Å². The van der Waals surface area contributed by atoms with Gasteiger partial charge in [-0.2, -0.15) is 5.26 Å². The van der Waals surface area contributed by atoms with Crippen LogP contribution in [0.1, 0.15) is 11.1 Å². The molecule has 20 heavy (non-hydrogen) atoms. The Morgan fingerprint density at radius 1 is 1.20 bits per heavy atom. The fourth-order valence-corrected chi connectivity index (χ4v) is 2.19. The van der Waals surface area contributed by atoms with Crippen molar-refractivity contribution in [3.63, 3.8) is 0 Å². The number of hydrogen-bond acceptors (Lipinski definition) is 2. The number of H-pyrrole nitrogens is 1. The molecular weight excluding hydrogens is 248 g/mol. The second-order valence-electron chi connectivity index (χ2n) is 4.36. The number of aromatic amines is 1. The van der Waals surface area contributed by atoms with Crippen LogP contribution in [0.3, 0.4) is 0 Å². The number of rotatable bonds is 3. The molecule has 0 aliphatic carbocycles. The lowest BCUT2D eigenvalue weighted by atomic mass is 10.1. The van der Waals surface area contributed by atoms with E-state index in [1.54, 1.807) is 24.3 Å². The minimum absolute atomic E-state index is 0.574. The van der Waals surface area contributed by atoms with E-state index in [-0.39, 0.29) is 0 Å². The predicted octanol–water partition coefficient (Wildman–Crippen LogP) is 4.47. The highest BCUT2D eigenvalue weighted by molar-refractivity contribution is 5.91. The van der Waals surface area contributed by atoms with E-state index in [1.807, 2.05) is 30.5 Å². The highest BCUT2D eigenvalue weighted by atomic mass is 16.5. The third-order valence-electron chi connectivity index (χ3n) is 3.13. The second kappa shape index (κ2) is 4.94. The maximum Gasteiger partial charge on any atom is 0.135 e. The zero-order chi connectivity index (χ0) is 13.9.